The molecule has 3 aromatic rings. The van der Waals surface area contributed by atoms with Gasteiger partial charge in [-0.1, -0.05) is 78.9 Å². The second-order valence-corrected chi connectivity index (χ2v) is 14.7. The highest BCUT2D eigenvalue weighted by Crippen LogP contribution is 2.39. The van der Waals surface area contributed by atoms with Crippen LogP contribution in [0.15, 0.2) is 96.0 Å². The Kier molecular flexibility index (Phi) is 17.4. The summed E-state index contributed by atoms with van der Waals surface area (Å²) in [6, 6.07) is 22.5. The molecule has 332 valence electrons. The molecule has 0 aromatic heterocycles. The van der Waals surface area contributed by atoms with Crippen LogP contribution in [-0.2, 0) is 41.7 Å². The van der Waals surface area contributed by atoms with E-state index in [-0.39, 0.29) is 49.8 Å². The normalized spacial score (nSPS) is 19.0. The second kappa shape index (κ2) is 22.6. The average molecular weight is 867 g/mol. The van der Waals surface area contributed by atoms with E-state index in [1.54, 1.807) is 59.5 Å². The van der Waals surface area contributed by atoms with E-state index in [0.29, 0.717) is 31.2 Å². The van der Waals surface area contributed by atoms with Crippen LogP contribution >= 0.6 is 0 Å². The highest BCUT2D eigenvalue weighted by atomic mass is 19.4. The molecule has 3 aromatic carbocycles. The van der Waals surface area contributed by atoms with Crippen molar-refractivity contribution < 1.29 is 56.9 Å². The van der Waals surface area contributed by atoms with Crippen molar-refractivity contribution in [1.82, 2.24) is 26.2 Å². The molecule has 0 saturated carbocycles. The number of halogens is 3. The van der Waals surface area contributed by atoms with Crippen LogP contribution in [0.3, 0.4) is 0 Å². The van der Waals surface area contributed by atoms with E-state index in [2.05, 4.69) is 26.3 Å². The summed E-state index contributed by atoms with van der Waals surface area (Å²) in [4.78, 5) is 94.7. The number of amides is 5. The predicted octanol–water partition coefficient (Wildman–Crippen LogP) is 1.85. The average Bonchev–Trinajstić information content (AvgIpc) is 3.61. The summed E-state index contributed by atoms with van der Waals surface area (Å²) in [6.45, 7) is 0.240. The fourth-order valence-corrected chi connectivity index (χ4v) is 7.29. The van der Waals surface area contributed by atoms with Gasteiger partial charge in [-0.25, -0.2) is 4.79 Å². The number of hydrogen-bond acceptors (Lipinski definition) is 8. The van der Waals surface area contributed by atoms with Crippen LogP contribution in [0.1, 0.15) is 60.0 Å². The predicted molar refractivity (Wildman–Crippen MR) is 218 cm³/mol. The number of nitrogens with zero attached hydrogens (tertiary/aromatic N) is 2. The summed E-state index contributed by atoms with van der Waals surface area (Å²) in [5.41, 5.74) is 13.2. The van der Waals surface area contributed by atoms with Gasteiger partial charge in [-0.05, 0) is 67.7 Å². The van der Waals surface area contributed by atoms with E-state index >= 15 is 0 Å². The van der Waals surface area contributed by atoms with Gasteiger partial charge in [-0.15, -0.1) is 0 Å². The van der Waals surface area contributed by atoms with E-state index in [1.165, 1.54) is 0 Å². The molecule has 10 N–H and O–H groups in total. The monoisotopic (exact) mass is 866 g/mol. The summed E-state index contributed by atoms with van der Waals surface area (Å²) < 4.78 is 31.7. The number of carbonyl (C=O) groups excluding carboxylic acids is 5. The van der Waals surface area contributed by atoms with Crippen molar-refractivity contribution in [3.05, 3.63) is 108 Å². The van der Waals surface area contributed by atoms with Crippen molar-refractivity contribution in [1.29, 1.82) is 0 Å². The van der Waals surface area contributed by atoms with Gasteiger partial charge in [-0.2, -0.15) is 13.2 Å². The molecule has 0 spiro atoms. The highest BCUT2D eigenvalue weighted by molar-refractivity contribution is 5.99. The first-order chi connectivity index (χ1) is 29.4. The second-order valence-electron chi connectivity index (χ2n) is 14.7. The number of carbonyl (C=O) groups is 7. The summed E-state index contributed by atoms with van der Waals surface area (Å²) in [5.74, 6) is -7.19. The fraction of sp³-hybridized carbons (Fsp3) is 0.381. The Morgan fingerprint density at radius 3 is 1.95 bits per heavy atom. The molecule has 1 unspecified atom stereocenters. The largest absolute Gasteiger partial charge is 0.490 e. The number of nitrogens with two attached hydrogens (primary N) is 2. The molecule has 0 bridgehead atoms. The first-order valence-electron chi connectivity index (χ1n) is 19.7. The van der Waals surface area contributed by atoms with Gasteiger partial charge in [0.1, 0.15) is 24.2 Å². The van der Waals surface area contributed by atoms with Gasteiger partial charge in [0.2, 0.25) is 23.6 Å². The lowest BCUT2D eigenvalue weighted by Crippen LogP contribution is -2.61. The molecule has 0 aliphatic carbocycles. The molecule has 2 fully saturated rings. The Labute approximate surface area is 354 Å². The molecule has 2 heterocycles. The molecule has 5 amide bonds. The number of aliphatic imine (C=N–C) groups is 1. The molecule has 2 aliphatic heterocycles. The molecule has 5 rings (SSSR count). The van der Waals surface area contributed by atoms with Crippen LogP contribution in [-0.4, -0.2) is 105 Å². The van der Waals surface area contributed by atoms with E-state index in [0.717, 1.165) is 11.1 Å². The zero-order valence-corrected chi connectivity index (χ0v) is 33.4. The number of carboxylic acids is 2. The summed E-state index contributed by atoms with van der Waals surface area (Å²) in [5, 5.41) is 27.5. The lowest BCUT2D eigenvalue weighted by Gasteiger charge is -2.39. The van der Waals surface area contributed by atoms with Gasteiger partial charge in [-0.3, -0.25) is 33.8 Å². The van der Waals surface area contributed by atoms with Crippen molar-refractivity contribution in [2.45, 2.75) is 87.9 Å². The number of alkyl halides is 3. The number of benzene rings is 3. The van der Waals surface area contributed by atoms with E-state index in [1.807, 2.05) is 36.4 Å². The third-order valence-electron chi connectivity index (χ3n) is 10.2. The molecule has 2 aliphatic rings. The Morgan fingerprint density at radius 1 is 0.806 bits per heavy atom. The van der Waals surface area contributed by atoms with Gasteiger partial charge >= 0.3 is 18.1 Å². The molecular formula is C42H49F3N8O9. The maximum atomic E-state index is 14.3. The third kappa shape index (κ3) is 14.3. The van der Waals surface area contributed by atoms with Gasteiger partial charge in [0.05, 0.1) is 6.42 Å². The summed E-state index contributed by atoms with van der Waals surface area (Å²) >= 11 is 0. The number of fused-ring (bicyclic) bond motifs is 1. The minimum absolute atomic E-state index is 0.0348. The van der Waals surface area contributed by atoms with Crippen molar-refractivity contribution in [3.63, 3.8) is 0 Å². The van der Waals surface area contributed by atoms with Crippen LogP contribution in [0.4, 0.5) is 13.2 Å². The molecule has 0 radical (unpaired) electrons. The first-order valence-corrected chi connectivity index (χ1v) is 19.7. The third-order valence-corrected chi connectivity index (χ3v) is 10.2. The lowest BCUT2D eigenvalue weighted by molar-refractivity contribution is -0.192. The van der Waals surface area contributed by atoms with Gasteiger partial charge in [0.25, 0.3) is 5.91 Å². The summed E-state index contributed by atoms with van der Waals surface area (Å²) in [7, 11) is 0. The summed E-state index contributed by atoms with van der Waals surface area (Å²) in [6.07, 6.45) is -3.65. The van der Waals surface area contributed by atoms with Crippen molar-refractivity contribution >= 4 is 47.4 Å². The zero-order valence-electron chi connectivity index (χ0n) is 33.4. The number of guanidine groups is 1. The molecule has 17 nitrogen and oxygen atoms in total. The SMILES string of the molecule is NC(N)=NCCC[C@H](NC(=O)[C@@H]1C[C@@H](Cc2ccccc2)C2CC[C@@H](NC(=O)c3ccccc3)C(=O)N21)C(=O)N[C@@H](CC(=O)O)C(=O)NCc1ccccc1.O=C(O)C(F)(F)F. The number of piperidine rings is 1. The first kappa shape index (κ1) is 47.7. The van der Waals surface area contributed by atoms with Crippen LogP contribution in [0.5, 0.6) is 0 Å². The standard InChI is InChI=1S/C40H48N8O7.C2HF3O2/c41-40(42)43-20-10-17-29(37(53)47-31(23-34(49)50)36(52)44-24-26-13-6-2-7-14-26)45-38(54)33-22-28(21-25-11-4-1-5-12-25)32-19-18-30(39(55)48(32)33)46-35(51)27-15-8-3-9-16-27;3-2(4,5)1(6)7/h1-9,11-16,28-33H,10,17-24H2,(H,44,52)(H,45,54)(H,46,51)(H,47,53)(H,49,50)(H4,41,42,43);(H,6,7)/t28-,29+,30-,31+,32?,33+;/m1./s1. The van der Waals surface area contributed by atoms with Crippen LogP contribution in [0.2, 0.25) is 0 Å². The number of nitrogens with one attached hydrogen (secondary N) is 4. The molecule has 6 atom stereocenters. The van der Waals surface area contributed by atoms with E-state index < -0.39 is 72.3 Å². The van der Waals surface area contributed by atoms with Crippen molar-refractivity contribution in [3.8, 4) is 0 Å². The molecule has 20 heteroatoms. The molecular weight excluding hydrogens is 818 g/mol. The minimum atomic E-state index is -5.08. The van der Waals surface area contributed by atoms with Gasteiger partial charge < -0.3 is 47.8 Å². The van der Waals surface area contributed by atoms with Crippen LogP contribution < -0.4 is 32.7 Å². The Bertz CT molecular complexity index is 2060. The molecule has 62 heavy (non-hydrogen) atoms. The van der Waals surface area contributed by atoms with E-state index in [4.69, 9.17) is 21.4 Å². The van der Waals surface area contributed by atoms with Crippen LogP contribution in [0.25, 0.3) is 0 Å². The Hall–Kier alpha value is -6.99. The Balaban J connectivity index is 0.00000111. The van der Waals surface area contributed by atoms with Gasteiger partial charge in [0.15, 0.2) is 5.96 Å². The van der Waals surface area contributed by atoms with Gasteiger partial charge in [0, 0.05) is 24.7 Å². The highest BCUT2D eigenvalue weighted by Gasteiger charge is 2.51. The number of hydrogen-bond donors (Lipinski definition) is 8. The number of carboxylic acid groups (broad SMARTS) is 2. The zero-order chi connectivity index (χ0) is 45.4. The number of aliphatic carboxylic acids is 2. The molecule has 2 saturated heterocycles. The maximum absolute atomic E-state index is 14.3. The maximum Gasteiger partial charge on any atom is 0.490 e. The topological polar surface area (TPSA) is 276 Å². The quantitative estimate of drug-likeness (QED) is 0.0551. The van der Waals surface area contributed by atoms with E-state index in [9.17, 15) is 47.0 Å². The van der Waals surface area contributed by atoms with Crippen LogP contribution in [0, 0.1) is 5.92 Å². The smallest absolute Gasteiger partial charge is 0.481 e. The minimum Gasteiger partial charge on any atom is -0.481 e. The van der Waals surface area contributed by atoms with Crippen molar-refractivity contribution in [2.24, 2.45) is 22.4 Å². The fourth-order valence-electron chi connectivity index (χ4n) is 7.29. The lowest BCUT2D eigenvalue weighted by atomic mass is 9.86. The Morgan fingerprint density at radius 2 is 1.39 bits per heavy atom. The number of rotatable bonds is 17. The van der Waals surface area contributed by atoms with Crippen molar-refractivity contribution in [2.75, 3.05) is 6.54 Å².